The molecule has 2 aromatic rings. The lowest BCUT2D eigenvalue weighted by Crippen LogP contribution is -2.35. The number of halogens is 1. The van der Waals surface area contributed by atoms with Crippen LogP contribution >= 0.6 is 11.3 Å². The molecule has 7 heteroatoms. The molecule has 0 unspecified atom stereocenters. The highest BCUT2D eigenvalue weighted by atomic mass is 32.1. The molecule has 0 aliphatic carbocycles. The van der Waals surface area contributed by atoms with Crippen molar-refractivity contribution in [1.82, 2.24) is 9.88 Å². The number of anilines is 1. The molecule has 0 bridgehead atoms. The number of aromatic nitrogens is 1. The molecule has 3 rings (SSSR count). The van der Waals surface area contributed by atoms with Crippen molar-refractivity contribution in [3.05, 3.63) is 46.2 Å². The molecular formula is C17H20FN3O2S. The van der Waals surface area contributed by atoms with E-state index in [4.69, 9.17) is 0 Å². The number of urea groups is 1. The number of β-amino-alcohol motifs (C(OH)–C–C–N with tert-alkyl or cyclic N) is 1. The summed E-state index contributed by atoms with van der Waals surface area (Å²) in [4.78, 5) is 19.6. The van der Waals surface area contributed by atoms with Crippen molar-refractivity contribution in [3.63, 3.8) is 0 Å². The van der Waals surface area contributed by atoms with E-state index in [0.717, 1.165) is 17.0 Å². The van der Waals surface area contributed by atoms with Gasteiger partial charge in [0.05, 0.1) is 17.8 Å². The van der Waals surface area contributed by atoms with Crippen molar-refractivity contribution in [3.8, 4) is 0 Å². The van der Waals surface area contributed by atoms with Gasteiger partial charge in [0.1, 0.15) is 5.82 Å². The van der Waals surface area contributed by atoms with Crippen molar-refractivity contribution in [2.75, 3.05) is 11.9 Å². The summed E-state index contributed by atoms with van der Waals surface area (Å²) in [6.45, 7) is 4.21. The number of rotatable bonds is 3. The van der Waals surface area contributed by atoms with E-state index in [1.54, 1.807) is 17.0 Å². The van der Waals surface area contributed by atoms with Crippen LogP contribution in [0.4, 0.5) is 14.3 Å². The van der Waals surface area contributed by atoms with Gasteiger partial charge in [-0.2, -0.15) is 0 Å². The monoisotopic (exact) mass is 349 g/mol. The van der Waals surface area contributed by atoms with Gasteiger partial charge in [-0.1, -0.05) is 19.1 Å². The average Bonchev–Trinajstić information content (AvgIpc) is 3.10. The van der Waals surface area contributed by atoms with E-state index < -0.39 is 6.10 Å². The maximum absolute atomic E-state index is 13.5. The van der Waals surface area contributed by atoms with Crippen LogP contribution in [0.5, 0.6) is 0 Å². The zero-order valence-corrected chi connectivity index (χ0v) is 14.4. The molecule has 5 nitrogen and oxygen atoms in total. The van der Waals surface area contributed by atoms with Crippen molar-refractivity contribution in [2.45, 2.75) is 38.8 Å². The number of carbonyl (C=O) groups excluding carboxylic acids is 1. The fraction of sp³-hybridized carbons (Fsp3) is 0.412. The molecule has 1 aromatic carbocycles. The lowest BCUT2D eigenvalue weighted by molar-refractivity contribution is 0.175. The molecule has 2 heterocycles. The molecule has 0 radical (unpaired) electrons. The van der Waals surface area contributed by atoms with Crippen LogP contribution in [0.25, 0.3) is 0 Å². The van der Waals surface area contributed by atoms with Gasteiger partial charge in [0.2, 0.25) is 0 Å². The topological polar surface area (TPSA) is 65.5 Å². The van der Waals surface area contributed by atoms with E-state index in [-0.39, 0.29) is 24.4 Å². The minimum absolute atomic E-state index is 0.220. The number of carbonyl (C=O) groups is 1. The zero-order valence-electron chi connectivity index (χ0n) is 13.6. The Labute approximate surface area is 144 Å². The summed E-state index contributed by atoms with van der Waals surface area (Å²) in [5.74, 6) is -0.350. The lowest BCUT2D eigenvalue weighted by Gasteiger charge is -2.24. The average molecular weight is 349 g/mol. The lowest BCUT2D eigenvalue weighted by atomic mass is 10.0. The molecule has 1 fully saturated rings. The molecule has 0 saturated carbocycles. The molecule has 1 saturated heterocycles. The Morgan fingerprint density at radius 3 is 3.00 bits per heavy atom. The fourth-order valence-corrected chi connectivity index (χ4v) is 3.93. The van der Waals surface area contributed by atoms with Gasteiger partial charge < -0.3 is 10.0 Å². The smallest absolute Gasteiger partial charge is 0.324 e. The van der Waals surface area contributed by atoms with E-state index in [1.165, 1.54) is 23.5 Å². The first-order chi connectivity index (χ1) is 11.5. The second-order valence-electron chi connectivity index (χ2n) is 5.92. The van der Waals surface area contributed by atoms with Crippen LogP contribution in [0.1, 0.15) is 35.5 Å². The zero-order chi connectivity index (χ0) is 17.3. The Morgan fingerprint density at radius 1 is 1.54 bits per heavy atom. The van der Waals surface area contributed by atoms with Crippen LogP contribution in [0.15, 0.2) is 24.3 Å². The van der Waals surface area contributed by atoms with Crippen molar-refractivity contribution >= 4 is 22.5 Å². The Bertz CT molecular complexity index is 749. The summed E-state index contributed by atoms with van der Waals surface area (Å²) in [6.07, 6.45) is 0.591. The van der Waals surface area contributed by atoms with Crippen LogP contribution in [-0.4, -0.2) is 33.7 Å². The highest BCUT2D eigenvalue weighted by molar-refractivity contribution is 7.15. The van der Waals surface area contributed by atoms with Crippen LogP contribution in [0.2, 0.25) is 0 Å². The maximum atomic E-state index is 13.5. The minimum Gasteiger partial charge on any atom is -0.391 e. The van der Waals surface area contributed by atoms with Crippen LogP contribution in [-0.2, 0) is 6.42 Å². The largest absolute Gasteiger partial charge is 0.391 e. The van der Waals surface area contributed by atoms with Gasteiger partial charge in [0.15, 0.2) is 5.13 Å². The summed E-state index contributed by atoms with van der Waals surface area (Å²) in [6, 6.07) is 5.49. The number of likely N-dealkylation sites (tertiary alicyclic amines) is 1. The van der Waals surface area contributed by atoms with Crippen LogP contribution < -0.4 is 5.32 Å². The van der Waals surface area contributed by atoms with E-state index >= 15 is 0 Å². The Balaban J connectivity index is 1.79. The van der Waals surface area contributed by atoms with Gasteiger partial charge in [-0.05, 0) is 37.5 Å². The first kappa shape index (κ1) is 16.9. The molecule has 1 aliphatic rings. The highest BCUT2D eigenvalue weighted by Crippen LogP contribution is 2.33. The minimum atomic E-state index is -0.617. The molecule has 0 spiro atoms. The normalized spacial score (nSPS) is 20.4. The van der Waals surface area contributed by atoms with Gasteiger partial charge in [-0.25, -0.2) is 14.2 Å². The second-order valence-corrected chi connectivity index (χ2v) is 7.12. The molecule has 2 N–H and O–H groups in total. The summed E-state index contributed by atoms with van der Waals surface area (Å²) < 4.78 is 13.5. The Hall–Kier alpha value is -1.99. The van der Waals surface area contributed by atoms with Crippen molar-refractivity contribution in [1.29, 1.82) is 0 Å². The maximum Gasteiger partial charge on any atom is 0.324 e. The molecule has 128 valence electrons. The quantitative estimate of drug-likeness (QED) is 0.891. The number of amides is 2. The summed E-state index contributed by atoms with van der Waals surface area (Å²) in [7, 11) is 0. The third kappa shape index (κ3) is 3.42. The SMILES string of the molecule is CCc1nc(NC(=O)N2C[C@H](O)C[C@@H]2c2cccc(F)c2)sc1C. The third-order valence-electron chi connectivity index (χ3n) is 4.21. The predicted molar refractivity (Wildman–Crippen MR) is 91.7 cm³/mol. The number of hydrogen-bond acceptors (Lipinski definition) is 4. The first-order valence-electron chi connectivity index (χ1n) is 7.95. The number of hydrogen-bond donors (Lipinski definition) is 2. The van der Waals surface area contributed by atoms with Gasteiger partial charge in [-0.3, -0.25) is 5.32 Å². The number of nitrogens with zero attached hydrogens (tertiary/aromatic N) is 2. The van der Waals surface area contributed by atoms with Crippen LogP contribution in [0, 0.1) is 12.7 Å². The number of aliphatic hydroxyl groups is 1. The number of nitrogens with one attached hydrogen (secondary N) is 1. The number of aliphatic hydroxyl groups excluding tert-OH is 1. The number of thiazole rings is 1. The third-order valence-corrected chi connectivity index (χ3v) is 5.14. The van der Waals surface area contributed by atoms with E-state index in [2.05, 4.69) is 10.3 Å². The first-order valence-corrected chi connectivity index (χ1v) is 8.77. The summed E-state index contributed by atoms with van der Waals surface area (Å²) in [5, 5.41) is 13.3. The second kappa shape index (κ2) is 6.86. The Kier molecular flexibility index (Phi) is 4.82. The van der Waals surface area contributed by atoms with E-state index in [9.17, 15) is 14.3 Å². The van der Waals surface area contributed by atoms with E-state index in [0.29, 0.717) is 17.1 Å². The molecule has 1 aromatic heterocycles. The fourth-order valence-electron chi connectivity index (χ4n) is 3.04. The van der Waals surface area contributed by atoms with Gasteiger partial charge in [0, 0.05) is 11.4 Å². The number of aryl methyl sites for hydroxylation is 2. The predicted octanol–water partition coefficient (Wildman–Crippen LogP) is 3.49. The molecule has 2 atom stereocenters. The van der Waals surface area contributed by atoms with Crippen molar-refractivity contribution in [2.24, 2.45) is 0 Å². The molecule has 1 aliphatic heterocycles. The highest BCUT2D eigenvalue weighted by Gasteiger charge is 2.35. The van der Waals surface area contributed by atoms with Gasteiger partial charge in [-0.15, -0.1) is 11.3 Å². The van der Waals surface area contributed by atoms with Gasteiger partial charge >= 0.3 is 6.03 Å². The molecule has 2 amide bonds. The van der Waals surface area contributed by atoms with Crippen molar-refractivity contribution < 1.29 is 14.3 Å². The summed E-state index contributed by atoms with van der Waals surface area (Å²) in [5.41, 5.74) is 1.66. The molecular weight excluding hydrogens is 329 g/mol. The standard InChI is InChI=1S/C17H20FN3O2S/c1-3-14-10(2)24-16(19-14)20-17(23)21-9-13(22)8-15(21)11-5-4-6-12(18)7-11/h4-7,13,15,22H,3,8-9H2,1-2H3,(H,19,20,23)/t13-,15-/m1/s1. The molecule has 24 heavy (non-hydrogen) atoms. The van der Waals surface area contributed by atoms with E-state index in [1.807, 2.05) is 13.8 Å². The summed E-state index contributed by atoms with van der Waals surface area (Å²) >= 11 is 1.43. The Morgan fingerprint density at radius 2 is 2.33 bits per heavy atom. The van der Waals surface area contributed by atoms with Crippen LogP contribution in [0.3, 0.4) is 0 Å². The number of benzene rings is 1. The van der Waals surface area contributed by atoms with Gasteiger partial charge in [0.25, 0.3) is 0 Å².